The number of rotatable bonds is 1. The van der Waals surface area contributed by atoms with E-state index in [9.17, 15) is 19.8 Å². The van der Waals surface area contributed by atoms with Gasteiger partial charge in [0.2, 0.25) is 0 Å². The fourth-order valence-electron chi connectivity index (χ4n) is 5.04. The van der Waals surface area contributed by atoms with Gasteiger partial charge < -0.3 is 14.9 Å². The summed E-state index contributed by atoms with van der Waals surface area (Å²) in [5.74, 6) is -1.53. The number of hydrogen-bond donors (Lipinski definition) is 2. The maximum Gasteiger partial charge on any atom is 0.309 e. The molecule has 0 spiro atoms. The summed E-state index contributed by atoms with van der Waals surface area (Å²) in [5.41, 5.74) is 0.732. The van der Waals surface area contributed by atoms with Crippen LogP contribution in [0.5, 0.6) is 0 Å². The molecule has 2 heterocycles. The molecule has 6 nitrogen and oxygen atoms in total. The second kappa shape index (κ2) is 11.1. The largest absolute Gasteiger partial charge is 0.454 e. The summed E-state index contributed by atoms with van der Waals surface area (Å²) in [4.78, 5) is 31.0. The maximum atomic E-state index is 13.3. The summed E-state index contributed by atoms with van der Waals surface area (Å²) in [5, 5.41) is 22.8. The van der Waals surface area contributed by atoms with Crippen molar-refractivity contribution in [3.8, 4) is 0 Å². The van der Waals surface area contributed by atoms with Crippen LogP contribution in [0.25, 0.3) is 10.2 Å². The predicted molar refractivity (Wildman–Crippen MR) is 144 cm³/mol. The smallest absolute Gasteiger partial charge is 0.309 e. The van der Waals surface area contributed by atoms with E-state index in [1.807, 2.05) is 39.0 Å². The minimum Gasteiger partial charge on any atom is -0.454 e. The molecule has 5 unspecified atom stereocenters. The van der Waals surface area contributed by atoms with Gasteiger partial charge >= 0.3 is 5.97 Å². The Bertz CT molecular complexity index is 1140. The molecule has 0 bridgehead atoms. The highest BCUT2D eigenvalue weighted by atomic mass is 32.1. The summed E-state index contributed by atoms with van der Waals surface area (Å²) in [6.07, 6.45) is 2.77. The average molecular weight is 516 g/mol. The molecule has 0 saturated heterocycles. The number of hydrogen-bond acceptors (Lipinski definition) is 7. The molecule has 2 aromatic rings. The van der Waals surface area contributed by atoms with Crippen LogP contribution in [0.3, 0.4) is 0 Å². The van der Waals surface area contributed by atoms with E-state index >= 15 is 0 Å². The van der Waals surface area contributed by atoms with E-state index in [1.165, 1.54) is 5.57 Å². The van der Waals surface area contributed by atoms with E-state index in [4.69, 9.17) is 4.74 Å². The Labute approximate surface area is 218 Å². The molecular weight excluding hydrogens is 474 g/mol. The molecule has 1 aromatic heterocycles. The predicted octanol–water partition coefficient (Wildman–Crippen LogP) is 5.86. The summed E-state index contributed by atoms with van der Waals surface area (Å²) in [6, 6.07) is 5.96. The number of allylic oxidation sites excluding steroid dienone is 1. The molecule has 2 N–H and O–H groups in total. The number of aromatic nitrogens is 1. The molecule has 5 atom stereocenters. The van der Waals surface area contributed by atoms with Crippen LogP contribution in [0.1, 0.15) is 84.2 Å². The Morgan fingerprint density at radius 1 is 1.11 bits per heavy atom. The van der Waals surface area contributed by atoms with Crippen molar-refractivity contribution in [2.24, 2.45) is 17.3 Å². The molecule has 0 saturated carbocycles. The van der Waals surface area contributed by atoms with Gasteiger partial charge in [0.05, 0.1) is 39.3 Å². The number of benzene rings is 1. The van der Waals surface area contributed by atoms with Gasteiger partial charge in [0.1, 0.15) is 11.4 Å². The third-order valence-corrected chi connectivity index (χ3v) is 8.80. The van der Waals surface area contributed by atoms with Gasteiger partial charge in [-0.15, -0.1) is 11.3 Å². The van der Waals surface area contributed by atoms with Gasteiger partial charge in [0.25, 0.3) is 0 Å². The van der Waals surface area contributed by atoms with Crippen molar-refractivity contribution in [3.05, 3.63) is 40.4 Å². The summed E-state index contributed by atoms with van der Waals surface area (Å²) >= 11 is 1.62. The number of aliphatic hydroxyl groups excluding tert-OH is 2. The van der Waals surface area contributed by atoms with Gasteiger partial charge in [-0.2, -0.15) is 0 Å². The fourth-order valence-corrected chi connectivity index (χ4v) is 5.85. The van der Waals surface area contributed by atoms with Crippen LogP contribution >= 0.6 is 11.3 Å². The minimum absolute atomic E-state index is 0.0545. The number of nitrogens with zero attached hydrogens (tertiary/aromatic N) is 1. The van der Waals surface area contributed by atoms with Gasteiger partial charge in [-0.05, 0) is 63.6 Å². The average Bonchev–Trinajstić information content (AvgIpc) is 3.19. The van der Waals surface area contributed by atoms with Crippen molar-refractivity contribution < 1.29 is 24.5 Å². The monoisotopic (exact) mass is 515 g/mol. The van der Waals surface area contributed by atoms with Crippen LogP contribution in [0, 0.1) is 24.2 Å². The van der Waals surface area contributed by atoms with E-state index in [0.29, 0.717) is 6.42 Å². The third-order valence-electron chi connectivity index (χ3n) is 7.85. The van der Waals surface area contributed by atoms with Crippen LogP contribution in [0.2, 0.25) is 0 Å². The van der Waals surface area contributed by atoms with Gasteiger partial charge in [0, 0.05) is 12.3 Å². The van der Waals surface area contributed by atoms with Crippen molar-refractivity contribution in [3.63, 3.8) is 0 Å². The second-order valence-corrected chi connectivity index (χ2v) is 12.6. The summed E-state index contributed by atoms with van der Waals surface area (Å²) in [7, 11) is 0. The standard InChI is InChI=1S/C29H41NO5S/c1-17-9-8-10-18(2)26(33)19(3)27(34)28(5,6)24(31)16-25(32)35-29(7,14-13-17)21-11-12-23-22(15-21)30-20(4)36-23/h11-13,15,18-19,24,26,31,33H,8-10,14,16H2,1-7H3/b17-13-. The normalized spacial score (nSPS) is 32.6. The molecular formula is C29H41NO5S. The van der Waals surface area contributed by atoms with E-state index in [0.717, 1.165) is 40.1 Å². The first kappa shape index (κ1) is 28.5. The van der Waals surface area contributed by atoms with E-state index in [1.54, 1.807) is 32.1 Å². The molecule has 198 valence electrons. The molecule has 36 heavy (non-hydrogen) atoms. The van der Waals surface area contributed by atoms with Gasteiger partial charge in [-0.1, -0.05) is 45.4 Å². The Morgan fingerprint density at radius 3 is 2.50 bits per heavy atom. The van der Waals surface area contributed by atoms with E-state index in [2.05, 4.69) is 18.0 Å². The lowest BCUT2D eigenvalue weighted by Crippen LogP contribution is -2.46. The Balaban J connectivity index is 1.97. The molecule has 0 amide bonds. The third kappa shape index (κ3) is 6.24. The number of fused-ring (bicyclic) bond motifs is 1. The number of Topliss-reactive ketones (excluding diaryl/α,β-unsaturated/α-hetero) is 1. The van der Waals surface area contributed by atoms with Gasteiger partial charge in [-0.25, -0.2) is 4.98 Å². The van der Waals surface area contributed by atoms with Crippen molar-refractivity contribution in [1.82, 2.24) is 4.98 Å². The number of carbonyl (C=O) groups is 2. The Morgan fingerprint density at radius 2 is 1.81 bits per heavy atom. The van der Waals surface area contributed by atoms with Crippen LogP contribution in [-0.2, 0) is 19.9 Å². The number of esters is 1. The maximum absolute atomic E-state index is 13.3. The lowest BCUT2D eigenvalue weighted by molar-refractivity contribution is -0.164. The first-order valence-electron chi connectivity index (χ1n) is 12.9. The van der Waals surface area contributed by atoms with E-state index < -0.39 is 35.1 Å². The number of ether oxygens (including phenoxy) is 1. The first-order valence-corrected chi connectivity index (χ1v) is 13.7. The SMILES string of the molecule is C/C1=C/CC(C)(c2ccc3sc(C)nc3c2)OC(=O)CC(O)C(C)(C)C(=O)C(C)C(O)C(C)CCC1. The first-order chi connectivity index (χ1) is 16.7. The summed E-state index contributed by atoms with van der Waals surface area (Å²) in [6.45, 7) is 12.9. The van der Waals surface area contributed by atoms with Crippen molar-refractivity contribution in [1.29, 1.82) is 0 Å². The summed E-state index contributed by atoms with van der Waals surface area (Å²) < 4.78 is 7.14. The Kier molecular flexibility index (Phi) is 8.79. The molecule has 1 aromatic carbocycles. The van der Waals surface area contributed by atoms with Crippen molar-refractivity contribution in [2.75, 3.05) is 0 Å². The number of thiazole rings is 1. The van der Waals surface area contributed by atoms with Gasteiger partial charge in [-0.3, -0.25) is 9.59 Å². The van der Waals surface area contributed by atoms with Crippen molar-refractivity contribution in [2.45, 2.75) is 98.4 Å². The topological polar surface area (TPSA) is 96.7 Å². The minimum atomic E-state index is -1.24. The van der Waals surface area contributed by atoms with Crippen LogP contribution in [0.15, 0.2) is 29.8 Å². The zero-order valence-corrected chi connectivity index (χ0v) is 23.4. The molecule has 1 aliphatic rings. The van der Waals surface area contributed by atoms with Crippen LogP contribution in [0.4, 0.5) is 0 Å². The lowest BCUT2D eigenvalue weighted by atomic mass is 9.73. The lowest BCUT2D eigenvalue weighted by Gasteiger charge is -2.35. The molecule has 3 rings (SSSR count). The quantitative estimate of drug-likeness (QED) is 0.365. The highest BCUT2D eigenvalue weighted by Gasteiger charge is 2.43. The number of cyclic esters (lactones) is 1. The number of carbonyl (C=O) groups excluding carboxylic acids is 2. The second-order valence-electron chi connectivity index (χ2n) is 11.3. The van der Waals surface area contributed by atoms with Crippen LogP contribution in [-0.4, -0.2) is 39.2 Å². The highest BCUT2D eigenvalue weighted by molar-refractivity contribution is 7.18. The fraction of sp³-hybridized carbons (Fsp3) is 0.621. The molecule has 7 heteroatoms. The molecule has 0 radical (unpaired) electrons. The molecule has 0 aliphatic carbocycles. The molecule has 0 fully saturated rings. The molecule has 1 aliphatic heterocycles. The zero-order chi connectivity index (χ0) is 26.8. The van der Waals surface area contributed by atoms with E-state index in [-0.39, 0.29) is 18.1 Å². The van der Waals surface area contributed by atoms with Crippen molar-refractivity contribution >= 4 is 33.3 Å². The number of aliphatic hydroxyl groups is 2. The number of ketones is 1. The van der Waals surface area contributed by atoms with Gasteiger partial charge in [0.15, 0.2) is 0 Å². The Hall–Kier alpha value is -2.09. The van der Waals surface area contributed by atoms with Crippen LogP contribution < -0.4 is 0 Å². The zero-order valence-electron chi connectivity index (χ0n) is 22.6. The number of aryl methyl sites for hydroxylation is 1. The highest BCUT2D eigenvalue weighted by Crippen LogP contribution is 2.36.